The van der Waals surface area contributed by atoms with E-state index in [4.69, 9.17) is 0 Å². The molecule has 3 rings (SSSR count). The quantitative estimate of drug-likeness (QED) is 0.568. The van der Waals surface area contributed by atoms with Gasteiger partial charge >= 0.3 is 0 Å². The maximum atomic E-state index is 12.2. The van der Waals surface area contributed by atoms with Gasteiger partial charge in [0.15, 0.2) is 0 Å². The van der Waals surface area contributed by atoms with Gasteiger partial charge in [0.1, 0.15) is 5.01 Å². The topological polar surface area (TPSA) is 51.0 Å². The van der Waals surface area contributed by atoms with Gasteiger partial charge in [0.25, 0.3) is 0 Å². The van der Waals surface area contributed by atoms with Crippen LogP contribution in [0.15, 0.2) is 61.6 Å². The second-order valence-corrected chi connectivity index (χ2v) is 7.20. The first kappa shape index (κ1) is 18.1. The second-order valence-electron chi connectivity index (χ2n) is 6.08. The third-order valence-electron chi connectivity index (χ3n) is 4.06. The van der Waals surface area contributed by atoms with Crippen LogP contribution in [0.4, 0.5) is 0 Å². The van der Waals surface area contributed by atoms with Crippen LogP contribution in [0.5, 0.6) is 0 Å². The van der Waals surface area contributed by atoms with Crippen LogP contribution in [-0.2, 0) is 17.9 Å². The number of carbonyl (C=O) groups is 1. The fourth-order valence-electron chi connectivity index (χ4n) is 2.65. The Morgan fingerprint density at radius 2 is 2.15 bits per heavy atom. The van der Waals surface area contributed by atoms with Crippen molar-refractivity contribution >= 4 is 17.2 Å². The average Bonchev–Trinajstić information content (AvgIpc) is 3.33. The molecule has 0 aliphatic heterocycles. The molecule has 0 spiro atoms. The molecule has 2 aromatic heterocycles. The zero-order valence-corrected chi connectivity index (χ0v) is 15.7. The number of aryl methyl sites for hydroxylation is 2. The Hall–Kier alpha value is -2.73. The van der Waals surface area contributed by atoms with E-state index in [0.717, 1.165) is 28.4 Å². The van der Waals surface area contributed by atoms with E-state index in [1.165, 1.54) is 11.6 Å². The number of thiazole rings is 1. The van der Waals surface area contributed by atoms with Crippen LogP contribution in [-0.4, -0.2) is 32.1 Å². The molecule has 1 aromatic carbocycles. The summed E-state index contributed by atoms with van der Waals surface area (Å²) in [5, 5.41) is 5.16. The summed E-state index contributed by atoms with van der Waals surface area (Å²) in [7, 11) is 0. The van der Waals surface area contributed by atoms with Crippen LogP contribution in [0.3, 0.4) is 0 Å². The van der Waals surface area contributed by atoms with Gasteiger partial charge in [-0.25, -0.2) is 4.98 Å². The van der Waals surface area contributed by atoms with Gasteiger partial charge in [-0.2, -0.15) is 5.10 Å². The lowest BCUT2D eigenvalue weighted by Crippen LogP contribution is -2.30. The number of aromatic nitrogens is 3. The SMILES string of the molecule is C=CC(=O)N(CCCn1cccn1)Cc1cnc(-c2ccc(C)cc2)s1. The van der Waals surface area contributed by atoms with Gasteiger partial charge in [0.2, 0.25) is 5.91 Å². The van der Waals surface area contributed by atoms with E-state index in [1.807, 2.05) is 28.0 Å². The Morgan fingerprint density at radius 1 is 1.35 bits per heavy atom. The molecule has 0 unspecified atom stereocenters. The summed E-state index contributed by atoms with van der Waals surface area (Å²) in [6.45, 7) is 7.68. The maximum Gasteiger partial charge on any atom is 0.246 e. The molecule has 5 nitrogen and oxygen atoms in total. The molecule has 0 saturated carbocycles. The molecule has 0 saturated heterocycles. The third kappa shape index (κ3) is 4.67. The molecule has 0 fully saturated rings. The van der Waals surface area contributed by atoms with Crippen molar-refractivity contribution in [3.8, 4) is 10.6 Å². The van der Waals surface area contributed by atoms with Crippen molar-refractivity contribution in [2.45, 2.75) is 26.4 Å². The van der Waals surface area contributed by atoms with Crippen LogP contribution in [0.2, 0.25) is 0 Å². The van der Waals surface area contributed by atoms with Gasteiger partial charge in [-0.05, 0) is 25.5 Å². The molecule has 0 bridgehead atoms. The van der Waals surface area contributed by atoms with Gasteiger partial charge in [-0.15, -0.1) is 11.3 Å². The van der Waals surface area contributed by atoms with Gasteiger partial charge in [-0.1, -0.05) is 36.4 Å². The number of carbonyl (C=O) groups excluding carboxylic acids is 1. The Morgan fingerprint density at radius 3 is 2.85 bits per heavy atom. The lowest BCUT2D eigenvalue weighted by atomic mass is 10.2. The summed E-state index contributed by atoms with van der Waals surface area (Å²) < 4.78 is 1.87. The molecule has 26 heavy (non-hydrogen) atoms. The Bertz CT molecular complexity index is 852. The van der Waals surface area contributed by atoms with E-state index in [-0.39, 0.29) is 5.91 Å². The van der Waals surface area contributed by atoms with Crippen LogP contribution < -0.4 is 0 Å². The standard InChI is InChI=1S/C20H22N4OS/c1-3-19(25)23(11-5-13-24-12-4-10-22-24)15-18-14-21-20(26-18)17-8-6-16(2)7-9-17/h3-4,6-10,12,14H,1,5,11,13,15H2,2H3. The third-order valence-corrected chi connectivity index (χ3v) is 5.09. The highest BCUT2D eigenvalue weighted by molar-refractivity contribution is 7.15. The van der Waals surface area contributed by atoms with Gasteiger partial charge in [0, 0.05) is 42.1 Å². The number of nitrogens with zero attached hydrogens (tertiary/aromatic N) is 4. The molecule has 3 aromatic rings. The summed E-state index contributed by atoms with van der Waals surface area (Å²) in [4.78, 5) is 19.6. The van der Waals surface area contributed by atoms with Crippen molar-refractivity contribution in [1.82, 2.24) is 19.7 Å². The highest BCUT2D eigenvalue weighted by atomic mass is 32.1. The van der Waals surface area contributed by atoms with Crippen molar-refractivity contribution in [3.63, 3.8) is 0 Å². The summed E-state index contributed by atoms with van der Waals surface area (Å²) >= 11 is 1.62. The zero-order chi connectivity index (χ0) is 18.4. The van der Waals surface area contributed by atoms with Crippen LogP contribution in [0.1, 0.15) is 16.9 Å². The van der Waals surface area contributed by atoms with Gasteiger partial charge < -0.3 is 4.90 Å². The predicted molar refractivity (Wildman–Crippen MR) is 105 cm³/mol. The molecule has 134 valence electrons. The summed E-state index contributed by atoms with van der Waals surface area (Å²) in [6.07, 6.45) is 7.75. The number of hydrogen-bond acceptors (Lipinski definition) is 4. The van der Waals surface area contributed by atoms with Crippen molar-refractivity contribution in [2.24, 2.45) is 0 Å². The molecule has 0 N–H and O–H groups in total. The summed E-state index contributed by atoms with van der Waals surface area (Å²) in [5.41, 5.74) is 2.33. The van der Waals surface area contributed by atoms with E-state index >= 15 is 0 Å². The molecule has 0 radical (unpaired) electrons. The molecule has 0 aliphatic carbocycles. The monoisotopic (exact) mass is 366 g/mol. The normalized spacial score (nSPS) is 10.7. The minimum atomic E-state index is -0.0595. The molecular formula is C20H22N4OS. The second kappa shape index (κ2) is 8.58. The average molecular weight is 366 g/mol. The minimum absolute atomic E-state index is 0.0595. The first-order chi connectivity index (χ1) is 12.7. The number of rotatable bonds is 8. The lowest BCUT2D eigenvalue weighted by molar-refractivity contribution is -0.126. The largest absolute Gasteiger partial charge is 0.334 e. The highest BCUT2D eigenvalue weighted by Crippen LogP contribution is 2.26. The maximum absolute atomic E-state index is 12.2. The highest BCUT2D eigenvalue weighted by Gasteiger charge is 2.13. The lowest BCUT2D eigenvalue weighted by Gasteiger charge is -2.20. The number of amides is 1. The fraction of sp³-hybridized carbons (Fsp3) is 0.250. The fourth-order valence-corrected chi connectivity index (χ4v) is 3.58. The van der Waals surface area contributed by atoms with Gasteiger partial charge in [-0.3, -0.25) is 9.48 Å². The van der Waals surface area contributed by atoms with Gasteiger partial charge in [0.05, 0.1) is 6.54 Å². The van der Waals surface area contributed by atoms with E-state index in [1.54, 1.807) is 17.5 Å². The molecule has 6 heteroatoms. The first-order valence-electron chi connectivity index (χ1n) is 8.56. The Kier molecular flexibility index (Phi) is 5.96. The van der Waals surface area contributed by atoms with Crippen LogP contribution in [0, 0.1) is 6.92 Å². The number of hydrogen-bond donors (Lipinski definition) is 0. The van der Waals surface area contributed by atoms with Crippen LogP contribution in [0.25, 0.3) is 10.6 Å². The van der Waals surface area contributed by atoms with Crippen molar-refractivity contribution in [2.75, 3.05) is 6.54 Å². The van der Waals surface area contributed by atoms with Crippen molar-refractivity contribution in [1.29, 1.82) is 0 Å². The zero-order valence-electron chi connectivity index (χ0n) is 14.8. The first-order valence-corrected chi connectivity index (χ1v) is 9.38. The molecule has 1 amide bonds. The molecule has 0 atom stereocenters. The van der Waals surface area contributed by atoms with Crippen LogP contribution >= 0.6 is 11.3 Å². The number of benzene rings is 1. The van der Waals surface area contributed by atoms with E-state index in [2.05, 4.69) is 47.9 Å². The Labute approximate surface area is 157 Å². The van der Waals surface area contributed by atoms with Crippen molar-refractivity contribution in [3.05, 3.63) is 72.0 Å². The predicted octanol–water partition coefficient (Wildman–Crippen LogP) is 3.92. The molecule has 0 aliphatic rings. The Balaban J connectivity index is 1.63. The minimum Gasteiger partial charge on any atom is -0.334 e. The summed E-state index contributed by atoms with van der Waals surface area (Å²) in [5.74, 6) is -0.0595. The molecular weight excluding hydrogens is 344 g/mol. The van der Waals surface area contributed by atoms with E-state index in [0.29, 0.717) is 13.1 Å². The van der Waals surface area contributed by atoms with E-state index < -0.39 is 0 Å². The van der Waals surface area contributed by atoms with E-state index in [9.17, 15) is 4.79 Å². The molecule has 2 heterocycles. The summed E-state index contributed by atoms with van der Waals surface area (Å²) in [6, 6.07) is 10.2. The smallest absolute Gasteiger partial charge is 0.246 e. The van der Waals surface area contributed by atoms with Crippen molar-refractivity contribution < 1.29 is 4.79 Å².